The van der Waals surface area contributed by atoms with Gasteiger partial charge < -0.3 is 10.6 Å². The molecule has 1 amide bonds. The van der Waals surface area contributed by atoms with Crippen LogP contribution in [0.1, 0.15) is 37.8 Å². The molecule has 0 saturated carbocycles. The summed E-state index contributed by atoms with van der Waals surface area (Å²) in [4.78, 5) is 14.0. The molecule has 2 rings (SSSR count). The maximum Gasteiger partial charge on any atom is 0.222 e. The Balaban J connectivity index is 1.81. The first-order valence-electron chi connectivity index (χ1n) is 6.91. The second-order valence-corrected chi connectivity index (χ2v) is 5.20. The normalized spacial score (nSPS) is 16.9. The molecule has 3 nitrogen and oxygen atoms in total. The summed E-state index contributed by atoms with van der Waals surface area (Å²) in [6.07, 6.45) is 4.37. The molecule has 1 aromatic carbocycles. The molecular formula is C16H22N2O. The molecule has 1 aliphatic rings. The number of carbonyl (C=O) groups is 1. The highest BCUT2D eigenvalue weighted by atomic mass is 16.2. The number of nitrogens with two attached hydrogens (primary N) is 1. The largest absolute Gasteiger partial charge is 0.339 e. The summed E-state index contributed by atoms with van der Waals surface area (Å²) in [5, 5.41) is 0. The molecule has 0 aromatic heterocycles. The van der Waals surface area contributed by atoms with Gasteiger partial charge in [0.15, 0.2) is 0 Å². The van der Waals surface area contributed by atoms with E-state index >= 15 is 0 Å². The van der Waals surface area contributed by atoms with Crippen LogP contribution in [0.15, 0.2) is 42.0 Å². The van der Waals surface area contributed by atoms with Gasteiger partial charge in [-0.25, -0.2) is 0 Å². The van der Waals surface area contributed by atoms with Crippen LogP contribution in [-0.2, 0) is 4.79 Å². The van der Waals surface area contributed by atoms with Crippen LogP contribution in [-0.4, -0.2) is 23.9 Å². The minimum atomic E-state index is -0.0489. The molecule has 1 unspecified atom stereocenters. The van der Waals surface area contributed by atoms with Gasteiger partial charge in [-0.2, -0.15) is 0 Å². The minimum Gasteiger partial charge on any atom is -0.339 e. The summed E-state index contributed by atoms with van der Waals surface area (Å²) < 4.78 is 0. The van der Waals surface area contributed by atoms with E-state index in [0.717, 1.165) is 25.1 Å². The van der Waals surface area contributed by atoms with Gasteiger partial charge in [0.2, 0.25) is 5.91 Å². The predicted octanol–water partition coefficient (Wildman–Crippen LogP) is 2.65. The van der Waals surface area contributed by atoms with Crippen molar-refractivity contribution in [3.8, 4) is 0 Å². The molecule has 0 fully saturated rings. The van der Waals surface area contributed by atoms with E-state index in [9.17, 15) is 4.79 Å². The van der Waals surface area contributed by atoms with Crippen LogP contribution in [0.2, 0.25) is 0 Å². The summed E-state index contributed by atoms with van der Waals surface area (Å²) >= 11 is 0. The molecule has 102 valence electrons. The zero-order valence-corrected chi connectivity index (χ0v) is 11.5. The fourth-order valence-corrected chi connectivity index (χ4v) is 2.30. The summed E-state index contributed by atoms with van der Waals surface area (Å²) in [5.41, 5.74) is 8.59. The maximum absolute atomic E-state index is 12.1. The first-order valence-corrected chi connectivity index (χ1v) is 6.91. The van der Waals surface area contributed by atoms with Crippen LogP contribution >= 0.6 is 0 Å². The van der Waals surface area contributed by atoms with Crippen LogP contribution in [0, 0.1) is 0 Å². The fraction of sp³-hybridized carbons (Fsp3) is 0.438. The Morgan fingerprint density at radius 1 is 1.37 bits per heavy atom. The lowest BCUT2D eigenvalue weighted by molar-refractivity contribution is -0.131. The smallest absolute Gasteiger partial charge is 0.222 e. The molecule has 3 heteroatoms. The number of hydrogen-bond acceptors (Lipinski definition) is 2. The van der Waals surface area contributed by atoms with E-state index < -0.39 is 0 Å². The summed E-state index contributed by atoms with van der Waals surface area (Å²) in [6, 6.07) is 9.92. The predicted molar refractivity (Wildman–Crippen MR) is 77.6 cm³/mol. The Hall–Kier alpha value is -1.61. The number of rotatable bonds is 4. The van der Waals surface area contributed by atoms with Gasteiger partial charge in [-0.15, -0.1) is 0 Å². The zero-order valence-electron chi connectivity index (χ0n) is 11.5. The average Bonchev–Trinajstić information content (AvgIpc) is 2.46. The lowest BCUT2D eigenvalue weighted by Crippen LogP contribution is -2.34. The average molecular weight is 258 g/mol. The third-order valence-electron chi connectivity index (χ3n) is 3.69. The lowest BCUT2D eigenvalue weighted by atomic mass is 10.0. The first-order chi connectivity index (χ1) is 9.16. The highest BCUT2D eigenvalue weighted by Crippen LogP contribution is 2.17. The van der Waals surface area contributed by atoms with Crippen molar-refractivity contribution < 1.29 is 4.79 Å². The number of nitrogens with zero attached hydrogens (tertiary/aromatic N) is 1. The van der Waals surface area contributed by atoms with Gasteiger partial charge in [-0.1, -0.05) is 42.0 Å². The van der Waals surface area contributed by atoms with Crippen molar-refractivity contribution in [2.45, 2.75) is 32.2 Å². The fourth-order valence-electron chi connectivity index (χ4n) is 2.30. The van der Waals surface area contributed by atoms with Crippen molar-refractivity contribution in [2.75, 3.05) is 13.1 Å². The second kappa shape index (κ2) is 6.53. The van der Waals surface area contributed by atoms with Gasteiger partial charge in [-0.05, 0) is 25.3 Å². The molecule has 0 radical (unpaired) electrons. The summed E-state index contributed by atoms with van der Waals surface area (Å²) in [5.74, 6) is 0.218. The quantitative estimate of drug-likeness (QED) is 0.844. The number of hydrogen-bond donors (Lipinski definition) is 1. The maximum atomic E-state index is 12.1. The molecule has 19 heavy (non-hydrogen) atoms. The molecule has 0 aliphatic carbocycles. The van der Waals surface area contributed by atoms with Crippen LogP contribution in [0.5, 0.6) is 0 Å². The van der Waals surface area contributed by atoms with E-state index in [-0.39, 0.29) is 11.9 Å². The topological polar surface area (TPSA) is 46.3 Å². The van der Waals surface area contributed by atoms with E-state index in [1.807, 2.05) is 35.2 Å². The van der Waals surface area contributed by atoms with E-state index in [4.69, 9.17) is 5.73 Å². The number of carbonyl (C=O) groups excluding carboxylic acids is 1. The molecule has 1 atom stereocenters. The van der Waals surface area contributed by atoms with Gasteiger partial charge in [0.1, 0.15) is 0 Å². The first kappa shape index (κ1) is 13.8. The Bertz CT molecular complexity index is 453. The molecule has 0 spiro atoms. The van der Waals surface area contributed by atoms with Gasteiger partial charge in [0.25, 0.3) is 0 Å². The van der Waals surface area contributed by atoms with Gasteiger partial charge in [-0.3, -0.25) is 4.79 Å². The van der Waals surface area contributed by atoms with Crippen molar-refractivity contribution >= 4 is 5.91 Å². The Kier molecular flexibility index (Phi) is 4.74. The van der Waals surface area contributed by atoms with Crippen molar-refractivity contribution in [1.29, 1.82) is 0 Å². The molecule has 0 saturated heterocycles. The van der Waals surface area contributed by atoms with Gasteiger partial charge in [0, 0.05) is 25.6 Å². The minimum absolute atomic E-state index is 0.0489. The van der Waals surface area contributed by atoms with Crippen molar-refractivity contribution in [2.24, 2.45) is 5.73 Å². The monoisotopic (exact) mass is 258 g/mol. The van der Waals surface area contributed by atoms with Crippen LogP contribution < -0.4 is 5.73 Å². The van der Waals surface area contributed by atoms with Crippen LogP contribution in [0.3, 0.4) is 0 Å². The molecule has 1 aromatic rings. The third-order valence-corrected chi connectivity index (χ3v) is 3.69. The molecular weight excluding hydrogens is 236 g/mol. The number of amides is 1. The molecule has 2 N–H and O–H groups in total. The molecule has 1 heterocycles. The van der Waals surface area contributed by atoms with Gasteiger partial charge in [0.05, 0.1) is 0 Å². The number of benzene rings is 1. The lowest BCUT2D eigenvalue weighted by Gasteiger charge is -2.26. The van der Waals surface area contributed by atoms with Crippen molar-refractivity contribution in [3.05, 3.63) is 47.5 Å². The van der Waals surface area contributed by atoms with E-state index in [1.165, 1.54) is 5.57 Å². The zero-order chi connectivity index (χ0) is 13.7. The third kappa shape index (κ3) is 3.93. The Morgan fingerprint density at radius 2 is 2.11 bits per heavy atom. The van der Waals surface area contributed by atoms with Crippen molar-refractivity contribution in [3.63, 3.8) is 0 Å². The summed E-state index contributed by atoms with van der Waals surface area (Å²) in [7, 11) is 0. The highest BCUT2D eigenvalue weighted by molar-refractivity contribution is 5.76. The Labute approximate surface area is 115 Å². The standard InChI is InChI=1S/C16H22N2O/c1-13-9-11-18(12-10-13)16(19)8-7-15(17)14-5-3-2-4-6-14/h2-6,9,15H,7-8,10-12,17H2,1H3. The summed E-state index contributed by atoms with van der Waals surface area (Å²) in [6.45, 7) is 3.72. The Morgan fingerprint density at radius 3 is 2.74 bits per heavy atom. The SMILES string of the molecule is CC1=CCN(C(=O)CCC(N)c2ccccc2)CC1. The second-order valence-electron chi connectivity index (χ2n) is 5.20. The van der Waals surface area contributed by atoms with E-state index in [2.05, 4.69) is 13.0 Å². The molecule has 0 bridgehead atoms. The van der Waals surface area contributed by atoms with E-state index in [1.54, 1.807) is 0 Å². The highest BCUT2D eigenvalue weighted by Gasteiger charge is 2.16. The molecule has 1 aliphatic heterocycles. The van der Waals surface area contributed by atoms with E-state index in [0.29, 0.717) is 12.8 Å². The van der Waals surface area contributed by atoms with Crippen molar-refractivity contribution in [1.82, 2.24) is 4.90 Å². The van der Waals surface area contributed by atoms with Crippen LogP contribution in [0.4, 0.5) is 0 Å². The van der Waals surface area contributed by atoms with Crippen LogP contribution in [0.25, 0.3) is 0 Å². The van der Waals surface area contributed by atoms with Gasteiger partial charge >= 0.3 is 0 Å².